The fraction of sp³-hybridized carbons (Fsp3) is 0.414. The van der Waals surface area contributed by atoms with E-state index in [-0.39, 0.29) is 17.2 Å². The fourth-order valence-electron chi connectivity index (χ4n) is 6.92. The van der Waals surface area contributed by atoms with Crippen LogP contribution in [0.3, 0.4) is 0 Å². The van der Waals surface area contributed by atoms with Gasteiger partial charge in [-0.1, -0.05) is 54.2 Å². The number of ether oxygens (including phenoxy) is 1. The first-order valence-electron chi connectivity index (χ1n) is 12.8. The molecule has 5 aliphatic rings. The monoisotopic (exact) mass is 518 g/mol. The van der Waals surface area contributed by atoms with Crippen LogP contribution in [0.2, 0.25) is 0 Å². The lowest BCUT2D eigenvalue weighted by Gasteiger charge is -2.55. The van der Waals surface area contributed by atoms with Crippen molar-refractivity contribution in [1.82, 2.24) is 10.4 Å². The summed E-state index contributed by atoms with van der Waals surface area (Å²) in [6, 6.07) is 17.9. The first-order chi connectivity index (χ1) is 17.5. The van der Waals surface area contributed by atoms with Crippen LogP contribution in [-0.2, 0) is 16.0 Å². The highest BCUT2D eigenvalue weighted by Gasteiger charge is 2.55. The Kier molecular flexibility index (Phi) is 6.38. The van der Waals surface area contributed by atoms with Gasteiger partial charge in [0.2, 0.25) is 5.91 Å². The molecule has 0 spiro atoms. The normalized spacial score (nSPS) is 29.7. The van der Waals surface area contributed by atoms with E-state index in [1.54, 1.807) is 0 Å². The van der Waals surface area contributed by atoms with Gasteiger partial charge >= 0.3 is 0 Å². The summed E-state index contributed by atoms with van der Waals surface area (Å²) < 4.78 is 6.24. The van der Waals surface area contributed by atoms with Gasteiger partial charge in [-0.3, -0.25) is 15.0 Å². The lowest BCUT2D eigenvalue weighted by Crippen LogP contribution is -2.57. The Morgan fingerprint density at radius 2 is 1.67 bits per heavy atom. The molecule has 2 aromatic carbocycles. The lowest BCUT2D eigenvalue weighted by atomic mass is 9.49. The second kappa shape index (κ2) is 9.67. The van der Waals surface area contributed by atoms with Crippen LogP contribution in [0.5, 0.6) is 5.75 Å². The minimum atomic E-state index is -0.321. The summed E-state index contributed by atoms with van der Waals surface area (Å²) in [5.74, 6) is 2.51. The summed E-state index contributed by atoms with van der Waals surface area (Å²) in [5.41, 5.74) is 4.73. The Morgan fingerprint density at radius 3 is 2.31 bits per heavy atom. The molecular formula is C29H30N2O3S2. The predicted molar refractivity (Wildman–Crippen MR) is 146 cm³/mol. The zero-order valence-corrected chi connectivity index (χ0v) is 21.8. The van der Waals surface area contributed by atoms with Crippen LogP contribution < -0.4 is 10.2 Å². The maximum absolute atomic E-state index is 13.4. The van der Waals surface area contributed by atoms with Gasteiger partial charge in [0.15, 0.2) is 4.32 Å². The second-order valence-corrected chi connectivity index (χ2v) is 12.5. The smallest absolute Gasteiger partial charge is 0.285 e. The number of hydrazine groups is 1. The molecular weight excluding hydrogens is 488 g/mol. The van der Waals surface area contributed by atoms with Crippen LogP contribution in [0, 0.1) is 23.2 Å². The number of benzene rings is 2. The molecule has 4 saturated carbocycles. The number of thioether (sulfide) groups is 1. The van der Waals surface area contributed by atoms with E-state index in [0.717, 1.165) is 37.0 Å². The minimum absolute atomic E-state index is 0.0174. The summed E-state index contributed by atoms with van der Waals surface area (Å²) in [5, 5.41) is 1.29. The Morgan fingerprint density at radius 1 is 1.03 bits per heavy atom. The molecule has 36 heavy (non-hydrogen) atoms. The molecule has 186 valence electrons. The highest BCUT2D eigenvalue weighted by Crippen LogP contribution is 2.60. The van der Waals surface area contributed by atoms with Crippen LogP contribution in [0.25, 0.3) is 6.08 Å². The third-order valence-corrected chi connectivity index (χ3v) is 9.51. The molecule has 1 heterocycles. The van der Waals surface area contributed by atoms with Crippen molar-refractivity contribution in [3.63, 3.8) is 0 Å². The first kappa shape index (κ1) is 23.7. The number of thiocarbonyl (C=S) groups is 1. The molecule has 1 aliphatic heterocycles. The van der Waals surface area contributed by atoms with E-state index >= 15 is 0 Å². The van der Waals surface area contributed by atoms with Crippen LogP contribution >= 0.6 is 24.0 Å². The predicted octanol–water partition coefficient (Wildman–Crippen LogP) is 5.76. The van der Waals surface area contributed by atoms with Gasteiger partial charge in [-0.05, 0) is 97.8 Å². The number of amides is 2. The molecule has 4 aliphatic carbocycles. The Bertz CT molecular complexity index is 1170. The van der Waals surface area contributed by atoms with Gasteiger partial charge in [0.05, 0.1) is 16.9 Å². The molecule has 2 amide bonds. The Hall–Kier alpha value is -2.64. The van der Waals surface area contributed by atoms with E-state index in [9.17, 15) is 9.59 Å². The molecule has 4 bridgehead atoms. The van der Waals surface area contributed by atoms with Crippen LogP contribution in [0.4, 0.5) is 0 Å². The molecule has 0 atom stereocenters. The highest BCUT2D eigenvalue weighted by molar-refractivity contribution is 8.26. The molecule has 7 rings (SSSR count). The average Bonchev–Trinajstić information content (AvgIpc) is 3.12. The molecule has 0 unspecified atom stereocenters. The van der Waals surface area contributed by atoms with E-state index in [1.165, 1.54) is 41.6 Å². The fourth-order valence-corrected chi connectivity index (χ4v) is 8.10. The van der Waals surface area contributed by atoms with E-state index in [4.69, 9.17) is 17.0 Å². The summed E-state index contributed by atoms with van der Waals surface area (Å²) >= 11 is 6.71. The SMILES string of the molecule is O=C1C(=Cc2ccc(OCCc3ccccc3)cc2)SC(=S)N1NC(=O)C12CC3CC(CC(C3)C1)C2. The number of rotatable bonds is 7. The van der Waals surface area contributed by atoms with Gasteiger partial charge < -0.3 is 4.74 Å². The maximum Gasteiger partial charge on any atom is 0.285 e. The van der Waals surface area contributed by atoms with Crippen molar-refractivity contribution in [2.24, 2.45) is 23.2 Å². The van der Waals surface area contributed by atoms with E-state index in [0.29, 0.717) is 33.6 Å². The second-order valence-electron chi connectivity index (χ2n) is 10.8. The van der Waals surface area contributed by atoms with Gasteiger partial charge in [-0.25, -0.2) is 0 Å². The largest absolute Gasteiger partial charge is 0.493 e. The van der Waals surface area contributed by atoms with Crippen molar-refractivity contribution in [2.75, 3.05) is 6.61 Å². The zero-order chi connectivity index (χ0) is 24.7. The molecule has 0 aromatic heterocycles. The molecule has 1 N–H and O–H groups in total. The summed E-state index contributed by atoms with van der Waals surface area (Å²) in [7, 11) is 0. The third-order valence-electron chi connectivity index (χ3n) is 8.21. The maximum atomic E-state index is 13.4. The number of carbonyl (C=O) groups is 2. The molecule has 0 radical (unpaired) electrons. The van der Waals surface area contributed by atoms with Crippen LogP contribution in [-0.4, -0.2) is 27.8 Å². The van der Waals surface area contributed by atoms with Gasteiger partial charge in [-0.15, -0.1) is 0 Å². The summed E-state index contributed by atoms with van der Waals surface area (Å²) in [6.45, 7) is 0.603. The van der Waals surface area contributed by atoms with Crippen molar-refractivity contribution >= 4 is 46.2 Å². The quantitative estimate of drug-likeness (QED) is 0.373. The zero-order valence-electron chi connectivity index (χ0n) is 20.2. The number of carbonyl (C=O) groups excluding carboxylic acids is 2. The Labute approximate surface area is 221 Å². The Balaban J connectivity index is 1.07. The molecule has 2 aromatic rings. The van der Waals surface area contributed by atoms with E-state index in [1.807, 2.05) is 48.5 Å². The van der Waals surface area contributed by atoms with Gasteiger partial charge in [0, 0.05) is 6.42 Å². The van der Waals surface area contributed by atoms with Crippen molar-refractivity contribution in [3.8, 4) is 5.75 Å². The summed E-state index contributed by atoms with van der Waals surface area (Å²) in [4.78, 5) is 27.1. The molecule has 5 nitrogen and oxygen atoms in total. The van der Waals surface area contributed by atoms with Gasteiger partial charge in [-0.2, -0.15) is 5.01 Å². The van der Waals surface area contributed by atoms with Crippen molar-refractivity contribution in [3.05, 3.63) is 70.6 Å². The van der Waals surface area contributed by atoms with Gasteiger partial charge in [0.1, 0.15) is 5.75 Å². The number of hydrogen-bond acceptors (Lipinski definition) is 5. The lowest BCUT2D eigenvalue weighted by molar-refractivity contribution is -0.152. The topological polar surface area (TPSA) is 58.6 Å². The number of nitrogens with zero attached hydrogens (tertiary/aromatic N) is 1. The number of nitrogens with one attached hydrogen (secondary N) is 1. The first-order valence-corrected chi connectivity index (χ1v) is 14.1. The molecule has 5 fully saturated rings. The minimum Gasteiger partial charge on any atom is -0.493 e. The van der Waals surface area contributed by atoms with Crippen molar-refractivity contribution in [2.45, 2.75) is 44.9 Å². The van der Waals surface area contributed by atoms with Crippen molar-refractivity contribution in [1.29, 1.82) is 0 Å². The van der Waals surface area contributed by atoms with E-state index in [2.05, 4.69) is 17.6 Å². The van der Waals surface area contributed by atoms with Crippen LogP contribution in [0.15, 0.2) is 59.5 Å². The third kappa shape index (κ3) is 4.71. The summed E-state index contributed by atoms with van der Waals surface area (Å²) in [6.07, 6.45) is 9.34. The standard InChI is InChI=1S/C29H30N2O3S2/c32-26-25(15-20-6-8-24(9-7-20)34-11-10-19-4-2-1-3-5-19)36-28(35)31(26)30-27(33)29-16-21-12-22(17-29)14-23(13-21)18-29/h1-9,15,21-23H,10-14,16-18H2,(H,30,33). The van der Waals surface area contributed by atoms with Gasteiger partial charge in [0.25, 0.3) is 5.91 Å². The molecule has 1 saturated heterocycles. The average molecular weight is 519 g/mol. The number of hydrogen-bond donors (Lipinski definition) is 1. The van der Waals surface area contributed by atoms with Crippen LogP contribution in [0.1, 0.15) is 49.7 Å². The van der Waals surface area contributed by atoms with E-state index < -0.39 is 0 Å². The molecule has 7 heteroatoms. The highest BCUT2D eigenvalue weighted by atomic mass is 32.2. The van der Waals surface area contributed by atoms with Crippen molar-refractivity contribution < 1.29 is 14.3 Å².